The van der Waals surface area contributed by atoms with Crippen LogP contribution in [-0.4, -0.2) is 27.4 Å². The van der Waals surface area contributed by atoms with E-state index in [4.69, 9.17) is 4.42 Å². The SMILES string of the molecule is Cc1ccccc1-c1nnc(SC(C)C(=O)NC(=O)Nc2ccccc2)o1. The van der Waals surface area contributed by atoms with Gasteiger partial charge in [-0.1, -0.05) is 48.2 Å². The van der Waals surface area contributed by atoms with Crippen LogP contribution in [0.2, 0.25) is 0 Å². The summed E-state index contributed by atoms with van der Waals surface area (Å²) in [6, 6.07) is 15.9. The summed E-state index contributed by atoms with van der Waals surface area (Å²) in [4.78, 5) is 24.1. The molecule has 2 aromatic carbocycles. The van der Waals surface area contributed by atoms with E-state index in [0.29, 0.717) is 11.6 Å². The molecule has 7 nitrogen and oxygen atoms in total. The van der Waals surface area contributed by atoms with Gasteiger partial charge in [0.25, 0.3) is 5.22 Å². The van der Waals surface area contributed by atoms with E-state index in [9.17, 15) is 9.59 Å². The molecule has 1 unspecified atom stereocenters. The van der Waals surface area contributed by atoms with Crippen LogP contribution < -0.4 is 10.6 Å². The van der Waals surface area contributed by atoms with Crippen molar-refractivity contribution in [2.75, 3.05) is 5.32 Å². The van der Waals surface area contributed by atoms with Crippen LogP contribution in [0.4, 0.5) is 10.5 Å². The molecule has 1 atom stereocenters. The molecule has 0 bridgehead atoms. The molecule has 3 aromatic rings. The Balaban J connectivity index is 1.57. The van der Waals surface area contributed by atoms with E-state index >= 15 is 0 Å². The second-order valence-corrected chi connectivity index (χ2v) is 7.05. The molecule has 0 fully saturated rings. The topological polar surface area (TPSA) is 97.1 Å². The zero-order valence-electron chi connectivity index (χ0n) is 14.8. The molecule has 0 aliphatic heterocycles. The van der Waals surface area contributed by atoms with Gasteiger partial charge < -0.3 is 9.73 Å². The first-order chi connectivity index (χ1) is 13.0. The maximum atomic E-state index is 12.2. The monoisotopic (exact) mass is 382 g/mol. The van der Waals surface area contributed by atoms with Crippen molar-refractivity contribution >= 4 is 29.4 Å². The maximum Gasteiger partial charge on any atom is 0.325 e. The molecule has 1 heterocycles. The highest BCUT2D eigenvalue weighted by molar-refractivity contribution is 8.00. The van der Waals surface area contributed by atoms with Gasteiger partial charge in [-0.3, -0.25) is 10.1 Å². The molecule has 1 aromatic heterocycles. The number of carbonyl (C=O) groups is 2. The number of urea groups is 1. The van der Waals surface area contributed by atoms with Gasteiger partial charge >= 0.3 is 6.03 Å². The van der Waals surface area contributed by atoms with Gasteiger partial charge in [0, 0.05) is 11.3 Å². The summed E-state index contributed by atoms with van der Waals surface area (Å²) in [5.74, 6) is -0.0610. The Morgan fingerprint density at radius 2 is 1.74 bits per heavy atom. The average molecular weight is 382 g/mol. The molecule has 3 amide bonds. The number of rotatable bonds is 5. The largest absolute Gasteiger partial charge is 0.411 e. The number of nitrogens with one attached hydrogen (secondary N) is 2. The molecule has 2 N–H and O–H groups in total. The first-order valence-corrected chi connectivity index (χ1v) is 9.14. The number of para-hydroxylation sites is 1. The van der Waals surface area contributed by atoms with Crippen molar-refractivity contribution in [3.05, 3.63) is 60.2 Å². The smallest absolute Gasteiger partial charge is 0.325 e. The van der Waals surface area contributed by atoms with Crippen molar-refractivity contribution in [2.45, 2.75) is 24.3 Å². The number of aromatic nitrogens is 2. The summed E-state index contributed by atoms with van der Waals surface area (Å²) in [6.45, 7) is 3.61. The minimum absolute atomic E-state index is 0.263. The standard InChI is InChI=1S/C19H18N4O3S/c1-12-8-6-7-11-15(12)17-22-23-19(26-17)27-13(2)16(24)21-18(25)20-14-9-4-3-5-10-14/h3-11,13H,1-2H3,(H2,20,21,24,25). The quantitative estimate of drug-likeness (QED) is 0.650. The lowest BCUT2D eigenvalue weighted by Gasteiger charge is -2.10. The first kappa shape index (κ1) is 18.7. The van der Waals surface area contributed by atoms with Crippen LogP contribution in [0.1, 0.15) is 12.5 Å². The van der Waals surface area contributed by atoms with Crippen LogP contribution >= 0.6 is 11.8 Å². The third-order valence-corrected chi connectivity index (χ3v) is 4.63. The van der Waals surface area contributed by atoms with Gasteiger partial charge in [-0.05, 0) is 37.6 Å². The van der Waals surface area contributed by atoms with E-state index in [1.165, 1.54) is 0 Å². The van der Waals surface area contributed by atoms with Crippen molar-refractivity contribution in [1.82, 2.24) is 15.5 Å². The molecule has 0 saturated carbocycles. The Kier molecular flexibility index (Phi) is 5.87. The number of hydrogen-bond donors (Lipinski definition) is 2. The lowest BCUT2D eigenvalue weighted by atomic mass is 10.1. The number of aryl methyl sites for hydroxylation is 1. The molecule has 3 rings (SSSR count). The number of benzene rings is 2. The van der Waals surface area contributed by atoms with Crippen LogP contribution in [0.3, 0.4) is 0 Å². The number of anilines is 1. The van der Waals surface area contributed by atoms with E-state index in [1.54, 1.807) is 31.2 Å². The van der Waals surface area contributed by atoms with Crippen LogP contribution in [0, 0.1) is 6.92 Å². The Bertz CT molecular complexity index is 943. The van der Waals surface area contributed by atoms with Crippen LogP contribution in [-0.2, 0) is 4.79 Å². The molecule has 0 saturated heterocycles. The fraction of sp³-hybridized carbons (Fsp3) is 0.158. The first-order valence-electron chi connectivity index (χ1n) is 8.26. The Hall–Kier alpha value is -3.13. The number of carbonyl (C=O) groups excluding carboxylic acids is 2. The molecule has 0 aliphatic carbocycles. The summed E-state index contributed by atoms with van der Waals surface area (Å²) in [5.41, 5.74) is 2.46. The molecule has 0 radical (unpaired) electrons. The van der Waals surface area contributed by atoms with Gasteiger partial charge in [0.05, 0.1) is 5.25 Å². The number of hydrogen-bond acceptors (Lipinski definition) is 6. The van der Waals surface area contributed by atoms with E-state index in [2.05, 4.69) is 20.8 Å². The van der Waals surface area contributed by atoms with Crippen molar-refractivity contribution in [1.29, 1.82) is 0 Å². The van der Waals surface area contributed by atoms with E-state index in [0.717, 1.165) is 22.9 Å². The van der Waals surface area contributed by atoms with Crippen molar-refractivity contribution in [3.8, 4) is 11.5 Å². The highest BCUT2D eigenvalue weighted by Gasteiger charge is 2.21. The van der Waals surface area contributed by atoms with Crippen LogP contribution in [0.15, 0.2) is 64.2 Å². The van der Waals surface area contributed by atoms with Gasteiger partial charge in [-0.2, -0.15) is 0 Å². The number of amides is 3. The fourth-order valence-electron chi connectivity index (χ4n) is 2.28. The normalized spacial score (nSPS) is 11.6. The summed E-state index contributed by atoms with van der Waals surface area (Å²) in [6.07, 6.45) is 0. The Labute approximate surface area is 160 Å². The van der Waals surface area contributed by atoms with Gasteiger partial charge in [0.15, 0.2) is 0 Å². The summed E-state index contributed by atoms with van der Waals surface area (Å²) >= 11 is 1.09. The van der Waals surface area contributed by atoms with Gasteiger partial charge in [-0.15, -0.1) is 10.2 Å². The molecular formula is C19H18N4O3S. The average Bonchev–Trinajstić information content (AvgIpc) is 3.11. The molecule has 27 heavy (non-hydrogen) atoms. The minimum atomic E-state index is -0.593. The maximum absolute atomic E-state index is 12.2. The number of nitrogens with zero attached hydrogens (tertiary/aromatic N) is 2. The second-order valence-electron chi connectivity index (χ2n) is 5.76. The van der Waals surface area contributed by atoms with Gasteiger partial charge in [-0.25, -0.2) is 4.79 Å². The lowest BCUT2D eigenvalue weighted by Crippen LogP contribution is -2.38. The van der Waals surface area contributed by atoms with Gasteiger partial charge in [0.2, 0.25) is 11.8 Å². The number of imide groups is 1. The lowest BCUT2D eigenvalue weighted by molar-refractivity contribution is -0.119. The van der Waals surface area contributed by atoms with Crippen molar-refractivity contribution < 1.29 is 14.0 Å². The van der Waals surface area contributed by atoms with E-state index < -0.39 is 17.2 Å². The molecular weight excluding hydrogens is 364 g/mol. The fourth-order valence-corrected chi connectivity index (χ4v) is 2.96. The third kappa shape index (κ3) is 4.95. The summed E-state index contributed by atoms with van der Waals surface area (Å²) in [7, 11) is 0. The molecule has 8 heteroatoms. The van der Waals surface area contributed by atoms with E-state index in [1.807, 2.05) is 37.3 Å². The summed E-state index contributed by atoms with van der Waals surface area (Å²) in [5, 5.41) is 12.6. The van der Waals surface area contributed by atoms with E-state index in [-0.39, 0.29) is 5.22 Å². The predicted octanol–water partition coefficient (Wildman–Crippen LogP) is 3.87. The van der Waals surface area contributed by atoms with Crippen molar-refractivity contribution in [2.24, 2.45) is 0 Å². The third-order valence-electron chi connectivity index (χ3n) is 3.70. The highest BCUT2D eigenvalue weighted by Crippen LogP contribution is 2.27. The van der Waals surface area contributed by atoms with Crippen molar-refractivity contribution in [3.63, 3.8) is 0 Å². The highest BCUT2D eigenvalue weighted by atomic mass is 32.2. The molecule has 138 valence electrons. The minimum Gasteiger partial charge on any atom is -0.411 e. The number of thioether (sulfide) groups is 1. The Morgan fingerprint density at radius 1 is 1.04 bits per heavy atom. The van der Waals surface area contributed by atoms with Crippen LogP contribution in [0.25, 0.3) is 11.5 Å². The molecule has 0 spiro atoms. The second kappa shape index (κ2) is 8.50. The Morgan fingerprint density at radius 3 is 2.48 bits per heavy atom. The van der Waals surface area contributed by atoms with Gasteiger partial charge in [0.1, 0.15) is 0 Å². The zero-order chi connectivity index (χ0) is 19.2. The summed E-state index contributed by atoms with van der Waals surface area (Å²) < 4.78 is 5.63. The molecule has 0 aliphatic rings. The zero-order valence-corrected chi connectivity index (χ0v) is 15.6. The predicted molar refractivity (Wildman–Crippen MR) is 103 cm³/mol. The van der Waals surface area contributed by atoms with Crippen LogP contribution in [0.5, 0.6) is 0 Å².